The second kappa shape index (κ2) is 5.91. The van der Waals surface area contributed by atoms with Gasteiger partial charge in [-0.1, -0.05) is 0 Å². The number of carboxylic acid groups (broad SMARTS) is 1. The lowest BCUT2D eigenvalue weighted by atomic mass is 10.2. The third-order valence-corrected chi connectivity index (χ3v) is 2.47. The van der Waals surface area contributed by atoms with Crippen LogP contribution in [0.2, 0.25) is 0 Å². The highest BCUT2D eigenvalue weighted by Crippen LogP contribution is 2.24. The van der Waals surface area contributed by atoms with Crippen molar-refractivity contribution in [2.75, 3.05) is 6.61 Å². The second-order valence-corrected chi connectivity index (χ2v) is 3.84. The van der Waals surface area contributed by atoms with Gasteiger partial charge in [0.1, 0.15) is 17.2 Å². The molecule has 2 aromatic rings. The number of ether oxygens (including phenoxy) is 2. The van der Waals surface area contributed by atoms with Crippen LogP contribution < -0.4 is 9.47 Å². The van der Waals surface area contributed by atoms with Crippen LogP contribution in [-0.2, 0) is 0 Å². The molecule has 0 aliphatic carbocycles. The first-order valence-electron chi connectivity index (χ1n) is 5.93. The second-order valence-electron chi connectivity index (χ2n) is 3.84. The van der Waals surface area contributed by atoms with Gasteiger partial charge in [-0.05, 0) is 55.5 Å². The van der Waals surface area contributed by atoms with E-state index < -0.39 is 5.97 Å². The summed E-state index contributed by atoms with van der Waals surface area (Å²) < 4.78 is 10.9. The first kappa shape index (κ1) is 13.0. The lowest BCUT2D eigenvalue weighted by Crippen LogP contribution is -1.95. The molecule has 2 rings (SSSR count). The van der Waals surface area contributed by atoms with Gasteiger partial charge in [-0.2, -0.15) is 0 Å². The Morgan fingerprint density at radius 3 is 1.89 bits per heavy atom. The van der Waals surface area contributed by atoms with E-state index in [1.165, 1.54) is 12.1 Å². The monoisotopic (exact) mass is 258 g/mol. The number of hydrogen-bond donors (Lipinski definition) is 1. The van der Waals surface area contributed by atoms with E-state index in [-0.39, 0.29) is 5.56 Å². The molecule has 98 valence electrons. The topological polar surface area (TPSA) is 55.8 Å². The number of aromatic carboxylic acids is 1. The molecule has 0 radical (unpaired) electrons. The molecule has 0 atom stereocenters. The zero-order valence-electron chi connectivity index (χ0n) is 10.5. The van der Waals surface area contributed by atoms with Gasteiger partial charge in [-0.15, -0.1) is 0 Å². The first-order valence-corrected chi connectivity index (χ1v) is 5.93. The summed E-state index contributed by atoms with van der Waals surface area (Å²) >= 11 is 0. The molecule has 0 unspecified atom stereocenters. The van der Waals surface area contributed by atoms with Gasteiger partial charge in [0.15, 0.2) is 0 Å². The molecular formula is C15H14O4. The van der Waals surface area contributed by atoms with Crippen LogP contribution in [0.4, 0.5) is 0 Å². The molecule has 0 aromatic heterocycles. The van der Waals surface area contributed by atoms with Crippen molar-refractivity contribution in [3.8, 4) is 17.2 Å². The van der Waals surface area contributed by atoms with E-state index in [0.29, 0.717) is 18.1 Å². The van der Waals surface area contributed by atoms with Crippen LogP contribution in [-0.4, -0.2) is 17.7 Å². The maximum Gasteiger partial charge on any atom is 0.335 e. The molecule has 4 nitrogen and oxygen atoms in total. The van der Waals surface area contributed by atoms with E-state index >= 15 is 0 Å². The minimum atomic E-state index is -0.951. The van der Waals surface area contributed by atoms with Crippen molar-refractivity contribution >= 4 is 5.97 Å². The van der Waals surface area contributed by atoms with E-state index in [0.717, 1.165) is 5.75 Å². The van der Waals surface area contributed by atoms with E-state index in [1.54, 1.807) is 24.3 Å². The minimum Gasteiger partial charge on any atom is -0.494 e. The molecule has 0 fully saturated rings. The van der Waals surface area contributed by atoms with Crippen molar-refractivity contribution in [3.63, 3.8) is 0 Å². The average Bonchev–Trinajstić information content (AvgIpc) is 2.42. The van der Waals surface area contributed by atoms with Gasteiger partial charge in [0.05, 0.1) is 12.2 Å². The van der Waals surface area contributed by atoms with Crippen molar-refractivity contribution in [3.05, 3.63) is 54.1 Å². The Morgan fingerprint density at radius 2 is 1.42 bits per heavy atom. The fourth-order valence-electron chi connectivity index (χ4n) is 1.57. The lowest BCUT2D eigenvalue weighted by Gasteiger charge is -2.07. The highest BCUT2D eigenvalue weighted by Gasteiger charge is 2.03. The van der Waals surface area contributed by atoms with Gasteiger partial charge in [-0.3, -0.25) is 0 Å². The van der Waals surface area contributed by atoms with E-state index in [1.807, 2.05) is 19.1 Å². The zero-order chi connectivity index (χ0) is 13.7. The molecule has 0 saturated heterocycles. The van der Waals surface area contributed by atoms with Crippen LogP contribution in [0, 0.1) is 0 Å². The van der Waals surface area contributed by atoms with Gasteiger partial charge in [-0.25, -0.2) is 4.79 Å². The van der Waals surface area contributed by atoms with Gasteiger partial charge in [0, 0.05) is 0 Å². The zero-order valence-corrected chi connectivity index (χ0v) is 10.5. The standard InChI is InChI=1S/C15H14O4/c1-2-18-12-7-9-14(10-8-12)19-13-5-3-11(4-6-13)15(16)17/h3-10H,2H2,1H3,(H,16,17). The minimum absolute atomic E-state index is 0.235. The number of carboxylic acids is 1. The van der Waals surface area contributed by atoms with Gasteiger partial charge >= 0.3 is 5.97 Å². The molecule has 0 saturated carbocycles. The van der Waals surface area contributed by atoms with Crippen molar-refractivity contribution < 1.29 is 19.4 Å². The smallest absolute Gasteiger partial charge is 0.335 e. The lowest BCUT2D eigenvalue weighted by molar-refractivity contribution is 0.0697. The Labute approximate surface area is 111 Å². The van der Waals surface area contributed by atoms with Crippen molar-refractivity contribution in [1.29, 1.82) is 0 Å². The highest BCUT2D eigenvalue weighted by molar-refractivity contribution is 5.87. The molecule has 2 aromatic carbocycles. The Morgan fingerprint density at radius 1 is 0.947 bits per heavy atom. The molecule has 0 aliphatic heterocycles. The Kier molecular flexibility index (Phi) is 4.03. The molecule has 0 heterocycles. The molecule has 0 spiro atoms. The normalized spacial score (nSPS) is 9.95. The third kappa shape index (κ3) is 3.48. The summed E-state index contributed by atoms with van der Waals surface area (Å²) in [6.07, 6.45) is 0. The Bertz CT molecular complexity index is 543. The van der Waals surface area contributed by atoms with E-state index in [9.17, 15) is 4.79 Å². The van der Waals surface area contributed by atoms with Gasteiger partial charge in [0.25, 0.3) is 0 Å². The fourth-order valence-corrected chi connectivity index (χ4v) is 1.57. The Balaban J connectivity index is 2.06. The number of benzene rings is 2. The molecular weight excluding hydrogens is 244 g/mol. The molecule has 0 amide bonds. The van der Waals surface area contributed by atoms with Crippen molar-refractivity contribution in [2.24, 2.45) is 0 Å². The molecule has 0 bridgehead atoms. The van der Waals surface area contributed by atoms with E-state index in [2.05, 4.69) is 0 Å². The number of hydrogen-bond acceptors (Lipinski definition) is 3. The molecule has 4 heteroatoms. The third-order valence-electron chi connectivity index (χ3n) is 2.47. The van der Waals surface area contributed by atoms with Gasteiger partial charge < -0.3 is 14.6 Å². The van der Waals surface area contributed by atoms with Crippen molar-refractivity contribution in [1.82, 2.24) is 0 Å². The predicted molar refractivity (Wildman–Crippen MR) is 71.1 cm³/mol. The maximum absolute atomic E-state index is 10.7. The van der Waals surface area contributed by atoms with Crippen LogP contribution in [0.15, 0.2) is 48.5 Å². The highest BCUT2D eigenvalue weighted by atomic mass is 16.5. The van der Waals surface area contributed by atoms with E-state index in [4.69, 9.17) is 14.6 Å². The van der Waals surface area contributed by atoms with Crippen LogP contribution in [0.5, 0.6) is 17.2 Å². The average molecular weight is 258 g/mol. The Hall–Kier alpha value is -2.49. The van der Waals surface area contributed by atoms with Crippen LogP contribution in [0.1, 0.15) is 17.3 Å². The van der Waals surface area contributed by atoms with Crippen molar-refractivity contribution in [2.45, 2.75) is 6.92 Å². The fraction of sp³-hybridized carbons (Fsp3) is 0.133. The molecule has 19 heavy (non-hydrogen) atoms. The van der Waals surface area contributed by atoms with Crippen LogP contribution in [0.25, 0.3) is 0 Å². The summed E-state index contributed by atoms with van der Waals surface area (Å²) in [5, 5.41) is 8.79. The van der Waals surface area contributed by atoms with Crippen LogP contribution >= 0.6 is 0 Å². The predicted octanol–water partition coefficient (Wildman–Crippen LogP) is 3.58. The largest absolute Gasteiger partial charge is 0.494 e. The summed E-state index contributed by atoms with van der Waals surface area (Å²) in [7, 11) is 0. The molecule has 1 N–H and O–H groups in total. The summed E-state index contributed by atoms with van der Waals surface area (Å²) in [6.45, 7) is 2.55. The molecule has 0 aliphatic rings. The summed E-state index contributed by atoms with van der Waals surface area (Å²) in [4.78, 5) is 10.7. The number of rotatable bonds is 5. The van der Waals surface area contributed by atoms with Gasteiger partial charge in [0.2, 0.25) is 0 Å². The quantitative estimate of drug-likeness (QED) is 0.890. The summed E-state index contributed by atoms with van der Waals surface area (Å²) in [5.74, 6) is 1.10. The summed E-state index contributed by atoms with van der Waals surface area (Å²) in [6, 6.07) is 13.5. The number of carbonyl (C=O) groups is 1. The SMILES string of the molecule is CCOc1ccc(Oc2ccc(C(=O)O)cc2)cc1. The maximum atomic E-state index is 10.7. The van der Waals surface area contributed by atoms with Crippen LogP contribution in [0.3, 0.4) is 0 Å². The first-order chi connectivity index (χ1) is 9.19. The summed E-state index contributed by atoms with van der Waals surface area (Å²) in [5.41, 5.74) is 0.235.